The first-order valence-corrected chi connectivity index (χ1v) is 8.36. The molecule has 0 spiro atoms. The van der Waals surface area contributed by atoms with Crippen LogP contribution in [0, 0.1) is 5.92 Å². The molecule has 0 aliphatic carbocycles. The van der Waals surface area contributed by atoms with Crippen LogP contribution in [0.15, 0.2) is 29.2 Å². The molecular weight excluding hydrogens is 294 g/mol. The van der Waals surface area contributed by atoms with Gasteiger partial charge in [0.25, 0.3) is 0 Å². The minimum absolute atomic E-state index is 0.0400. The van der Waals surface area contributed by atoms with Crippen LogP contribution in [-0.2, 0) is 24.1 Å². The zero-order valence-electron chi connectivity index (χ0n) is 11.9. The first kappa shape index (κ1) is 15.9. The smallest absolute Gasteiger partial charge is 0.250 e. The Morgan fingerprint density at radius 1 is 1.38 bits per heavy atom. The van der Waals surface area contributed by atoms with Gasteiger partial charge in [0.1, 0.15) is 6.61 Å². The van der Waals surface area contributed by atoms with Crippen molar-refractivity contribution in [1.29, 1.82) is 0 Å². The second kappa shape index (κ2) is 7.02. The highest BCUT2D eigenvalue weighted by atomic mass is 32.2. The summed E-state index contributed by atoms with van der Waals surface area (Å²) in [5.74, 6) is -0.116. The molecule has 0 radical (unpaired) electrons. The number of sulfone groups is 1. The van der Waals surface area contributed by atoms with E-state index < -0.39 is 9.84 Å². The molecule has 0 bridgehead atoms. The van der Waals surface area contributed by atoms with E-state index in [9.17, 15) is 13.2 Å². The quantitative estimate of drug-likeness (QED) is 0.850. The molecule has 0 aromatic heterocycles. The van der Waals surface area contributed by atoms with Crippen molar-refractivity contribution in [3.63, 3.8) is 0 Å². The number of carbonyl (C=O) groups excluding carboxylic acids is 1. The highest BCUT2D eigenvalue weighted by Gasteiger charge is 2.24. The van der Waals surface area contributed by atoms with Gasteiger partial charge in [-0.1, -0.05) is 0 Å². The number of amides is 1. The van der Waals surface area contributed by atoms with Gasteiger partial charge in [-0.05, 0) is 36.6 Å². The Bertz CT molecular complexity index is 576. The van der Waals surface area contributed by atoms with Crippen molar-refractivity contribution in [2.75, 3.05) is 38.0 Å². The third-order valence-corrected chi connectivity index (χ3v) is 5.15. The number of hydrogen-bond acceptors (Lipinski definition) is 5. The molecule has 1 atom stereocenters. The fourth-order valence-electron chi connectivity index (χ4n) is 2.20. The van der Waals surface area contributed by atoms with Gasteiger partial charge in [-0.15, -0.1) is 0 Å². The molecule has 21 heavy (non-hydrogen) atoms. The van der Waals surface area contributed by atoms with E-state index in [1.165, 1.54) is 19.2 Å². The molecule has 1 saturated heterocycles. The van der Waals surface area contributed by atoms with Crippen LogP contribution in [0.1, 0.15) is 6.42 Å². The molecule has 1 amide bonds. The Labute approximate surface area is 124 Å². The lowest BCUT2D eigenvalue weighted by Gasteiger charge is -2.10. The summed E-state index contributed by atoms with van der Waals surface area (Å²) in [6, 6.07) is 6.16. The van der Waals surface area contributed by atoms with Crippen LogP contribution >= 0.6 is 0 Å². The third kappa shape index (κ3) is 4.52. The van der Waals surface area contributed by atoms with Gasteiger partial charge in [-0.25, -0.2) is 8.42 Å². The normalized spacial score (nSPS) is 18.6. The fourth-order valence-corrected chi connectivity index (χ4v) is 3.82. The number of nitrogens with one attached hydrogen (secondary N) is 1. The zero-order chi connectivity index (χ0) is 15.3. The van der Waals surface area contributed by atoms with Crippen molar-refractivity contribution in [3.05, 3.63) is 24.3 Å². The lowest BCUT2D eigenvalue weighted by Crippen LogP contribution is -2.18. The SMILES string of the molecule is COCC(=O)Nc1ccc(S(=O)(=O)C[C@H]2CCOC2)cc1. The van der Waals surface area contributed by atoms with Gasteiger partial charge in [-0.2, -0.15) is 0 Å². The molecular formula is C14H19NO5S. The molecule has 116 valence electrons. The van der Waals surface area contributed by atoms with E-state index in [4.69, 9.17) is 9.47 Å². The summed E-state index contributed by atoms with van der Waals surface area (Å²) in [5.41, 5.74) is 0.542. The summed E-state index contributed by atoms with van der Waals surface area (Å²) < 4.78 is 34.4. The van der Waals surface area contributed by atoms with Crippen LogP contribution in [0.25, 0.3) is 0 Å². The Kier molecular flexibility index (Phi) is 5.33. The molecule has 1 fully saturated rings. The number of benzene rings is 1. The maximum absolute atomic E-state index is 12.3. The zero-order valence-corrected chi connectivity index (χ0v) is 12.7. The Balaban J connectivity index is 2.01. The number of hydrogen-bond donors (Lipinski definition) is 1. The van der Waals surface area contributed by atoms with E-state index in [1.54, 1.807) is 12.1 Å². The summed E-state index contributed by atoms with van der Waals surface area (Å²) in [6.07, 6.45) is 0.782. The molecule has 1 N–H and O–H groups in total. The predicted octanol–water partition coefficient (Wildman–Crippen LogP) is 1.08. The van der Waals surface area contributed by atoms with Gasteiger partial charge in [0.15, 0.2) is 9.84 Å². The minimum atomic E-state index is -3.32. The van der Waals surface area contributed by atoms with Crippen LogP contribution in [0.4, 0.5) is 5.69 Å². The average molecular weight is 313 g/mol. The number of carbonyl (C=O) groups is 1. The molecule has 6 nitrogen and oxygen atoms in total. The van der Waals surface area contributed by atoms with Crippen molar-refractivity contribution < 1.29 is 22.7 Å². The van der Waals surface area contributed by atoms with E-state index in [0.717, 1.165) is 6.42 Å². The number of anilines is 1. The third-order valence-electron chi connectivity index (χ3n) is 3.25. The van der Waals surface area contributed by atoms with Crippen LogP contribution in [0.5, 0.6) is 0 Å². The van der Waals surface area contributed by atoms with Crippen molar-refractivity contribution in [1.82, 2.24) is 0 Å². The summed E-state index contributed by atoms with van der Waals surface area (Å²) in [5, 5.41) is 2.62. The number of rotatable bonds is 6. The molecule has 1 aliphatic heterocycles. The number of ether oxygens (including phenoxy) is 2. The highest BCUT2D eigenvalue weighted by Crippen LogP contribution is 2.21. The van der Waals surface area contributed by atoms with Gasteiger partial charge in [0.05, 0.1) is 17.3 Å². The van der Waals surface area contributed by atoms with Gasteiger partial charge >= 0.3 is 0 Å². The first-order chi connectivity index (χ1) is 10.0. The standard InChI is InChI=1S/C14H19NO5S/c1-19-9-14(16)15-12-2-4-13(5-3-12)21(17,18)10-11-6-7-20-8-11/h2-5,11H,6-10H2,1H3,(H,15,16)/t11-/m0/s1. The van der Waals surface area contributed by atoms with E-state index >= 15 is 0 Å². The molecule has 2 rings (SSSR count). The summed E-state index contributed by atoms with van der Waals surface area (Å²) in [6.45, 7) is 1.09. The molecule has 1 aromatic carbocycles. The monoisotopic (exact) mass is 313 g/mol. The lowest BCUT2D eigenvalue weighted by molar-refractivity contribution is -0.119. The lowest BCUT2D eigenvalue weighted by atomic mass is 10.2. The molecule has 1 aliphatic rings. The predicted molar refractivity (Wildman–Crippen MR) is 77.9 cm³/mol. The minimum Gasteiger partial charge on any atom is -0.381 e. The van der Waals surface area contributed by atoms with Crippen molar-refractivity contribution in [3.8, 4) is 0 Å². The van der Waals surface area contributed by atoms with Gasteiger partial charge < -0.3 is 14.8 Å². The molecule has 7 heteroatoms. The molecule has 0 saturated carbocycles. The second-order valence-corrected chi connectivity index (χ2v) is 7.05. The second-order valence-electron chi connectivity index (χ2n) is 5.02. The fraction of sp³-hybridized carbons (Fsp3) is 0.500. The summed E-state index contributed by atoms with van der Waals surface area (Å²) >= 11 is 0. The van der Waals surface area contributed by atoms with Crippen molar-refractivity contribution in [2.24, 2.45) is 5.92 Å². The summed E-state index contributed by atoms with van der Waals surface area (Å²) in [7, 11) is -1.88. The Morgan fingerprint density at radius 2 is 2.10 bits per heavy atom. The van der Waals surface area contributed by atoms with Crippen LogP contribution in [0.2, 0.25) is 0 Å². The van der Waals surface area contributed by atoms with Crippen LogP contribution in [-0.4, -0.2) is 47.0 Å². The van der Waals surface area contributed by atoms with Gasteiger partial charge in [-0.3, -0.25) is 4.79 Å². The molecule has 1 aromatic rings. The highest BCUT2D eigenvalue weighted by molar-refractivity contribution is 7.91. The van der Waals surface area contributed by atoms with E-state index in [2.05, 4.69) is 5.32 Å². The van der Waals surface area contributed by atoms with Crippen LogP contribution < -0.4 is 5.32 Å². The topological polar surface area (TPSA) is 81.7 Å². The first-order valence-electron chi connectivity index (χ1n) is 6.70. The number of methoxy groups -OCH3 is 1. The molecule has 0 unspecified atom stereocenters. The van der Waals surface area contributed by atoms with E-state index in [0.29, 0.717) is 18.9 Å². The summed E-state index contributed by atoms with van der Waals surface area (Å²) in [4.78, 5) is 11.6. The maximum atomic E-state index is 12.3. The Hall–Kier alpha value is -1.44. The maximum Gasteiger partial charge on any atom is 0.250 e. The van der Waals surface area contributed by atoms with Crippen molar-refractivity contribution in [2.45, 2.75) is 11.3 Å². The van der Waals surface area contributed by atoms with Gasteiger partial charge in [0.2, 0.25) is 5.91 Å². The van der Waals surface area contributed by atoms with E-state index in [-0.39, 0.29) is 29.1 Å². The van der Waals surface area contributed by atoms with Crippen molar-refractivity contribution >= 4 is 21.4 Å². The largest absolute Gasteiger partial charge is 0.381 e. The van der Waals surface area contributed by atoms with Crippen LogP contribution in [0.3, 0.4) is 0 Å². The molecule has 1 heterocycles. The van der Waals surface area contributed by atoms with E-state index in [1.807, 2.05) is 0 Å². The van der Waals surface area contributed by atoms with Gasteiger partial charge in [0, 0.05) is 19.4 Å². The Morgan fingerprint density at radius 3 is 2.67 bits per heavy atom. The average Bonchev–Trinajstić information content (AvgIpc) is 2.91.